The van der Waals surface area contributed by atoms with Gasteiger partial charge in [-0.3, -0.25) is 10.0 Å². The van der Waals surface area contributed by atoms with E-state index in [4.69, 9.17) is 25.6 Å². The van der Waals surface area contributed by atoms with Crippen LogP contribution in [0.4, 0.5) is 11.9 Å². The predicted octanol–water partition coefficient (Wildman–Crippen LogP) is 0.768. The Labute approximate surface area is 178 Å². The van der Waals surface area contributed by atoms with Crippen LogP contribution in [-0.2, 0) is 16.1 Å². The van der Waals surface area contributed by atoms with E-state index in [2.05, 4.69) is 19.9 Å². The number of amides is 1. The molecule has 1 fully saturated rings. The number of nitrogens with one attached hydrogen (secondary N) is 1. The number of aryl methyl sites for hydroxylation is 1. The summed E-state index contributed by atoms with van der Waals surface area (Å²) >= 11 is 0. The first-order valence-corrected chi connectivity index (χ1v) is 10.2. The highest BCUT2D eigenvalue weighted by molar-refractivity contribution is 5.88. The van der Waals surface area contributed by atoms with Crippen LogP contribution in [0.5, 0.6) is 0 Å². The molecule has 0 saturated carbocycles. The number of morpholine rings is 1. The van der Waals surface area contributed by atoms with Crippen LogP contribution in [0.1, 0.15) is 25.7 Å². The fourth-order valence-electron chi connectivity index (χ4n) is 3.46. The maximum absolute atomic E-state index is 11.1. The standard InChI is InChI=1S/C19H25N9O3/c20-18-21-10-13(11-22-18)15-16-17(25-19(24-15)27-6-8-31-9-7-27)28(12-23-16)5-3-1-2-4-14(29)26-30/h10-12,30H,1-9H2,(H,26,29)(H2,20,21,22). The molecule has 0 unspecified atom stereocenters. The lowest BCUT2D eigenvalue weighted by Crippen LogP contribution is -2.37. The Morgan fingerprint density at radius 2 is 1.90 bits per heavy atom. The van der Waals surface area contributed by atoms with E-state index in [1.54, 1.807) is 24.2 Å². The number of nitrogens with two attached hydrogens (primary N) is 1. The van der Waals surface area contributed by atoms with Gasteiger partial charge in [0.15, 0.2) is 5.65 Å². The van der Waals surface area contributed by atoms with E-state index in [9.17, 15) is 4.79 Å². The van der Waals surface area contributed by atoms with Gasteiger partial charge in [-0.05, 0) is 12.8 Å². The molecule has 12 nitrogen and oxygen atoms in total. The average Bonchev–Trinajstić information content (AvgIpc) is 3.22. The van der Waals surface area contributed by atoms with Crippen LogP contribution < -0.4 is 16.1 Å². The zero-order valence-electron chi connectivity index (χ0n) is 17.1. The fraction of sp³-hybridized carbons (Fsp3) is 0.474. The topological polar surface area (TPSA) is 157 Å². The summed E-state index contributed by atoms with van der Waals surface area (Å²) in [4.78, 5) is 35.5. The number of carbonyl (C=O) groups is 1. The summed E-state index contributed by atoms with van der Waals surface area (Å²) in [6.45, 7) is 3.38. The first kappa shape index (κ1) is 20.9. The van der Waals surface area contributed by atoms with E-state index in [0.717, 1.165) is 24.1 Å². The highest BCUT2D eigenvalue weighted by Gasteiger charge is 2.20. The smallest absolute Gasteiger partial charge is 0.243 e. The summed E-state index contributed by atoms with van der Waals surface area (Å²) in [5, 5.41) is 8.57. The number of ether oxygens (including phenoxy) is 1. The molecule has 4 N–H and O–H groups in total. The third kappa shape index (κ3) is 4.86. The molecule has 1 amide bonds. The highest BCUT2D eigenvalue weighted by atomic mass is 16.5. The van der Waals surface area contributed by atoms with Crippen LogP contribution >= 0.6 is 0 Å². The Bertz CT molecular complexity index is 1030. The van der Waals surface area contributed by atoms with Crippen molar-refractivity contribution in [1.82, 2.24) is 35.0 Å². The molecule has 0 bridgehead atoms. The van der Waals surface area contributed by atoms with E-state index >= 15 is 0 Å². The second-order valence-electron chi connectivity index (χ2n) is 7.26. The maximum atomic E-state index is 11.1. The quantitative estimate of drug-likeness (QED) is 0.266. The molecule has 1 aliphatic rings. The molecule has 4 rings (SSSR count). The van der Waals surface area contributed by atoms with Gasteiger partial charge < -0.3 is 19.9 Å². The van der Waals surface area contributed by atoms with E-state index in [1.807, 2.05) is 4.57 Å². The SMILES string of the molecule is Nc1ncc(-c2nc(N3CCOCC3)nc3c2ncn3CCCCCC(=O)NO)cn1. The van der Waals surface area contributed by atoms with Crippen molar-refractivity contribution < 1.29 is 14.7 Å². The molecule has 3 aromatic rings. The number of carbonyl (C=O) groups excluding carboxylic acids is 1. The summed E-state index contributed by atoms with van der Waals surface area (Å²) in [7, 11) is 0. The lowest BCUT2D eigenvalue weighted by atomic mass is 10.2. The number of imidazole rings is 1. The monoisotopic (exact) mass is 427 g/mol. The third-order valence-electron chi connectivity index (χ3n) is 5.12. The molecule has 0 aliphatic carbocycles. The lowest BCUT2D eigenvalue weighted by Gasteiger charge is -2.27. The minimum Gasteiger partial charge on any atom is -0.378 e. The van der Waals surface area contributed by atoms with Gasteiger partial charge in [-0.2, -0.15) is 4.98 Å². The molecule has 1 aliphatic heterocycles. The van der Waals surface area contributed by atoms with Gasteiger partial charge in [-0.25, -0.2) is 25.4 Å². The zero-order valence-corrected chi connectivity index (χ0v) is 17.1. The summed E-state index contributed by atoms with van der Waals surface area (Å²) in [6.07, 6.45) is 7.71. The van der Waals surface area contributed by atoms with E-state index in [0.29, 0.717) is 62.8 Å². The molecule has 12 heteroatoms. The Hall–Kier alpha value is -3.38. The van der Waals surface area contributed by atoms with Crippen LogP contribution in [0.25, 0.3) is 22.4 Å². The Morgan fingerprint density at radius 1 is 1.13 bits per heavy atom. The van der Waals surface area contributed by atoms with Crippen molar-refractivity contribution in [2.45, 2.75) is 32.2 Å². The minimum absolute atomic E-state index is 0.197. The highest BCUT2D eigenvalue weighted by Crippen LogP contribution is 2.27. The van der Waals surface area contributed by atoms with Gasteiger partial charge in [0.05, 0.1) is 19.5 Å². The molecule has 0 radical (unpaired) electrons. The van der Waals surface area contributed by atoms with Gasteiger partial charge in [-0.15, -0.1) is 0 Å². The zero-order chi connectivity index (χ0) is 21.6. The Kier molecular flexibility index (Phi) is 6.48. The van der Waals surface area contributed by atoms with Gasteiger partial charge in [0, 0.05) is 44.0 Å². The molecule has 31 heavy (non-hydrogen) atoms. The summed E-state index contributed by atoms with van der Waals surface area (Å²) in [5.41, 5.74) is 10.1. The number of nitrogen functional groups attached to an aromatic ring is 1. The lowest BCUT2D eigenvalue weighted by molar-refractivity contribution is -0.129. The van der Waals surface area contributed by atoms with Gasteiger partial charge in [-0.1, -0.05) is 6.42 Å². The summed E-state index contributed by atoms with van der Waals surface area (Å²) < 4.78 is 7.45. The number of unbranched alkanes of at least 4 members (excludes halogenated alkanes) is 2. The molecule has 4 heterocycles. The average molecular weight is 427 g/mol. The van der Waals surface area contributed by atoms with Gasteiger partial charge in [0.2, 0.25) is 17.8 Å². The van der Waals surface area contributed by atoms with Crippen molar-refractivity contribution >= 4 is 29.0 Å². The number of rotatable bonds is 8. The summed E-state index contributed by atoms with van der Waals surface area (Å²) in [5.74, 6) is 0.443. The predicted molar refractivity (Wildman–Crippen MR) is 112 cm³/mol. The number of nitrogens with zero attached hydrogens (tertiary/aromatic N) is 7. The van der Waals surface area contributed by atoms with Crippen molar-refractivity contribution in [3.63, 3.8) is 0 Å². The van der Waals surface area contributed by atoms with Gasteiger partial charge >= 0.3 is 0 Å². The first-order valence-electron chi connectivity index (χ1n) is 10.2. The number of hydrogen-bond donors (Lipinski definition) is 3. The molecule has 0 atom stereocenters. The van der Waals surface area contributed by atoms with Crippen molar-refractivity contribution in [1.29, 1.82) is 0 Å². The number of fused-ring (bicyclic) bond motifs is 1. The molecule has 3 aromatic heterocycles. The van der Waals surface area contributed by atoms with E-state index in [1.165, 1.54) is 0 Å². The number of aromatic nitrogens is 6. The second-order valence-corrected chi connectivity index (χ2v) is 7.26. The fourth-order valence-corrected chi connectivity index (χ4v) is 3.46. The third-order valence-corrected chi connectivity index (χ3v) is 5.12. The van der Waals surface area contributed by atoms with Gasteiger partial charge in [0.1, 0.15) is 11.2 Å². The number of hydrogen-bond acceptors (Lipinski definition) is 10. The van der Waals surface area contributed by atoms with Crippen LogP contribution in [0.15, 0.2) is 18.7 Å². The second kappa shape index (κ2) is 9.62. The van der Waals surface area contributed by atoms with Crippen LogP contribution in [-0.4, -0.2) is 66.9 Å². The van der Waals surface area contributed by atoms with Gasteiger partial charge in [0.25, 0.3) is 0 Å². The van der Waals surface area contributed by atoms with Crippen LogP contribution in [0.3, 0.4) is 0 Å². The Morgan fingerprint density at radius 3 is 2.65 bits per heavy atom. The van der Waals surface area contributed by atoms with E-state index < -0.39 is 0 Å². The van der Waals surface area contributed by atoms with Crippen molar-refractivity contribution in [3.05, 3.63) is 18.7 Å². The van der Waals surface area contributed by atoms with Crippen molar-refractivity contribution in [3.8, 4) is 11.3 Å². The van der Waals surface area contributed by atoms with Crippen molar-refractivity contribution in [2.24, 2.45) is 0 Å². The largest absolute Gasteiger partial charge is 0.378 e. The number of hydroxylamine groups is 1. The van der Waals surface area contributed by atoms with Crippen molar-refractivity contribution in [2.75, 3.05) is 36.9 Å². The summed E-state index contributed by atoms with van der Waals surface area (Å²) in [6, 6.07) is 0. The molecule has 0 aromatic carbocycles. The number of anilines is 2. The maximum Gasteiger partial charge on any atom is 0.243 e. The van der Waals surface area contributed by atoms with E-state index in [-0.39, 0.29) is 11.9 Å². The minimum atomic E-state index is -0.369. The van der Waals surface area contributed by atoms with Crippen LogP contribution in [0.2, 0.25) is 0 Å². The van der Waals surface area contributed by atoms with Crippen LogP contribution in [0, 0.1) is 0 Å². The normalized spacial score (nSPS) is 14.2. The molecular weight excluding hydrogens is 402 g/mol. The Balaban J connectivity index is 1.61. The molecular formula is C19H25N9O3. The molecule has 0 spiro atoms. The molecule has 164 valence electrons. The molecule has 1 saturated heterocycles. The first-order chi connectivity index (χ1) is 15.2.